The van der Waals surface area contributed by atoms with Crippen LogP contribution < -0.4 is 19.7 Å². The van der Waals surface area contributed by atoms with Gasteiger partial charge in [0.05, 0.1) is 16.4 Å². The lowest BCUT2D eigenvalue weighted by Crippen LogP contribution is -2.27. The second-order valence-electron chi connectivity index (χ2n) is 5.59. The van der Waals surface area contributed by atoms with Gasteiger partial charge in [-0.25, -0.2) is 4.79 Å². The summed E-state index contributed by atoms with van der Waals surface area (Å²) in [5.74, 6) is -0.310. The number of halogens is 1. The van der Waals surface area contributed by atoms with Crippen LogP contribution >= 0.6 is 22.6 Å². The fourth-order valence-corrected chi connectivity index (χ4v) is 3.35. The molecule has 8 heteroatoms. The number of nitrogens with zero attached hydrogens (tertiary/aromatic N) is 1. The zero-order valence-electron chi connectivity index (χ0n) is 14.5. The molecule has 1 fully saturated rings. The van der Waals surface area contributed by atoms with Crippen LogP contribution in [0.1, 0.15) is 12.5 Å². The van der Waals surface area contributed by atoms with Gasteiger partial charge in [-0.2, -0.15) is 0 Å². The number of para-hydroxylation sites is 1. The Morgan fingerprint density at radius 1 is 1.19 bits per heavy atom. The van der Waals surface area contributed by atoms with Crippen molar-refractivity contribution in [2.75, 3.05) is 12.0 Å². The van der Waals surface area contributed by atoms with E-state index in [1.807, 2.05) is 28.7 Å². The summed E-state index contributed by atoms with van der Waals surface area (Å²) in [6.07, 6.45) is 1.58. The van der Waals surface area contributed by atoms with Crippen molar-refractivity contribution in [3.8, 4) is 11.5 Å². The van der Waals surface area contributed by atoms with E-state index < -0.39 is 17.9 Å². The van der Waals surface area contributed by atoms with E-state index in [2.05, 4.69) is 5.32 Å². The quantitative estimate of drug-likeness (QED) is 0.240. The van der Waals surface area contributed by atoms with Gasteiger partial charge in [0.15, 0.2) is 11.5 Å². The Kier molecular flexibility index (Phi) is 5.45. The molecule has 0 unspecified atom stereocenters. The van der Waals surface area contributed by atoms with Crippen molar-refractivity contribution in [3.05, 3.63) is 57.3 Å². The standard InChI is InChI=1S/C19H15IN2O5/c1-11(23)27-17-14(20)8-12(10-16(17)26-2)9-15-18(24)21-19(25)22(15)13-6-4-3-5-7-13/h3-10H,1-2H3,(H,21,24,25)/b15-9+. The number of benzene rings is 2. The number of amides is 3. The van der Waals surface area contributed by atoms with Crippen molar-refractivity contribution in [1.29, 1.82) is 0 Å². The van der Waals surface area contributed by atoms with Gasteiger partial charge in [0.2, 0.25) is 0 Å². The van der Waals surface area contributed by atoms with Crippen LogP contribution in [0, 0.1) is 3.57 Å². The minimum atomic E-state index is -0.518. The molecule has 0 bridgehead atoms. The molecule has 7 nitrogen and oxygen atoms in total. The molecule has 0 aromatic heterocycles. The third kappa shape index (κ3) is 3.95. The van der Waals surface area contributed by atoms with Gasteiger partial charge in [-0.05, 0) is 58.5 Å². The summed E-state index contributed by atoms with van der Waals surface area (Å²) < 4.78 is 11.1. The third-order valence-corrected chi connectivity index (χ3v) is 4.51. The van der Waals surface area contributed by atoms with E-state index in [4.69, 9.17) is 9.47 Å². The highest BCUT2D eigenvalue weighted by atomic mass is 127. The number of hydrogen-bond donors (Lipinski definition) is 1. The number of carbonyl (C=O) groups excluding carboxylic acids is 3. The molecule has 0 radical (unpaired) electrons. The molecule has 3 rings (SSSR count). The number of carbonyl (C=O) groups is 3. The maximum absolute atomic E-state index is 12.3. The molecule has 138 valence electrons. The van der Waals surface area contributed by atoms with Gasteiger partial charge in [0, 0.05) is 6.92 Å². The molecule has 27 heavy (non-hydrogen) atoms. The van der Waals surface area contributed by atoms with E-state index in [0.29, 0.717) is 26.3 Å². The van der Waals surface area contributed by atoms with E-state index >= 15 is 0 Å². The smallest absolute Gasteiger partial charge is 0.333 e. The van der Waals surface area contributed by atoms with Crippen molar-refractivity contribution in [1.82, 2.24) is 5.32 Å². The van der Waals surface area contributed by atoms with Gasteiger partial charge in [-0.1, -0.05) is 18.2 Å². The van der Waals surface area contributed by atoms with Crippen LogP contribution in [0.25, 0.3) is 6.08 Å². The third-order valence-electron chi connectivity index (χ3n) is 3.71. The Hall–Kier alpha value is -2.88. The normalized spacial score (nSPS) is 15.1. The van der Waals surface area contributed by atoms with E-state index in [9.17, 15) is 14.4 Å². The highest BCUT2D eigenvalue weighted by molar-refractivity contribution is 14.1. The van der Waals surface area contributed by atoms with E-state index in [1.165, 1.54) is 18.9 Å². The predicted octanol–water partition coefficient (Wildman–Crippen LogP) is 3.32. The molecule has 0 spiro atoms. The topological polar surface area (TPSA) is 84.9 Å². The summed E-state index contributed by atoms with van der Waals surface area (Å²) in [5, 5.41) is 2.29. The number of rotatable bonds is 4. The van der Waals surface area contributed by atoms with Gasteiger partial charge >= 0.3 is 12.0 Å². The van der Waals surface area contributed by atoms with Gasteiger partial charge in [-0.3, -0.25) is 19.8 Å². The molecular weight excluding hydrogens is 463 g/mol. The van der Waals surface area contributed by atoms with Crippen LogP contribution in [0.4, 0.5) is 10.5 Å². The van der Waals surface area contributed by atoms with E-state index in [0.717, 1.165) is 0 Å². The van der Waals surface area contributed by atoms with Gasteiger partial charge in [-0.15, -0.1) is 0 Å². The Morgan fingerprint density at radius 2 is 1.89 bits per heavy atom. The molecule has 2 aromatic carbocycles. The number of anilines is 1. The summed E-state index contributed by atoms with van der Waals surface area (Å²) in [4.78, 5) is 37.1. The Labute approximate surface area is 169 Å². The molecule has 1 N–H and O–H groups in total. The van der Waals surface area contributed by atoms with Crippen molar-refractivity contribution < 1.29 is 23.9 Å². The van der Waals surface area contributed by atoms with Crippen molar-refractivity contribution >= 4 is 52.3 Å². The molecule has 0 atom stereocenters. The maximum Gasteiger partial charge on any atom is 0.333 e. The van der Waals surface area contributed by atoms with Gasteiger partial charge in [0.25, 0.3) is 5.91 Å². The average molecular weight is 478 g/mol. The second kappa shape index (κ2) is 7.78. The molecule has 1 heterocycles. The fourth-order valence-electron chi connectivity index (χ4n) is 2.62. The minimum absolute atomic E-state index is 0.185. The molecule has 0 aliphatic carbocycles. The van der Waals surface area contributed by atoms with Crippen molar-refractivity contribution in [2.24, 2.45) is 0 Å². The highest BCUT2D eigenvalue weighted by Crippen LogP contribution is 2.35. The number of nitrogens with one attached hydrogen (secondary N) is 1. The molecule has 1 saturated heterocycles. The highest BCUT2D eigenvalue weighted by Gasteiger charge is 2.34. The minimum Gasteiger partial charge on any atom is -0.493 e. The molecule has 3 amide bonds. The number of ether oxygens (including phenoxy) is 2. The van der Waals surface area contributed by atoms with Crippen molar-refractivity contribution in [2.45, 2.75) is 6.92 Å². The first-order chi connectivity index (χ1) is 12.9. The number of urea groups is 1. The lowest BCUT2D eigenvalue weighted by atomic mass is 10.1. The summed E-state index contributed by atoms with van der Waals surface area (Å²) in [6, 6.07) is 11.7. The lowest BCUT2D eigenvalue weighted by molar-refractivity contribution is -0.132. The monoisotopic (exact) mass is 478 g/mol. The van der Waals surface area contributed by atoms with Crippen LogP contribution in [0.2, 0.25) is 0 Å². The summed E-state index contributed by atoms with van der Waals surface area (Å²) >= 11 is 2.01. The predicted molar refractivity (Wildman–Crippen MR) is 107 cm³/mol. The van der Waals surface area contributed by atoms with E-state index in [1.54, 1.807) is 42.5 Å². The summed E-state index contributed by atoms with van der Waals surface area (Å²) in [6.45, 7) is 1.30. The summed E-state index contributed by atoms with van der Waals surface area (Å²) in [5.41, 5.74) is 1.38. The van der Waals surface area contributed by atoms with E-state index in [-0.39, 0.29) is 5.70 Å². The van der Waals surface area contributed by atoms with Crippen LogP contribution in [0.5, 0.6) is 11.5 Å². The SMILES string of the molecule is COc1cc(/C=C2\C(=O)NC(=O)N2c2ccccc2)cc(I)c1OC(C)=O. The van der Waals surface area contributed by atoms with Crippen LogP contribution in [-0.2, 0) is 9.59 Å². The first kappa shape index (κ1) is 18.9. The van der Waals surface area contributed by atoms with Gasteiger partial charge < -0.3 is 9.47 Å². The molecule has 1 aliphatic heterocycles. The molecule has 2 aromatic rings. The number of imide groups is 1. The number of methoxy groups -OCH3 is 1. The van der Waals surface area contributed by atoms with Crippen molar-refractivity contribution in [3.63, 3.8) is 0 Å². The summed E-state index contributed by atoms with van der Waals surface area (Å²) in [7, 11) is 1.46. The Balaban J connectivity index is 2.06. The Bertz CT molecular complexity index is 956. The number of hydrogen-bond acceptors (Lipinski definition) is 5. The molecular formula is C19H15IN2O5. The van der Waals surface area contributed by atoms with Crippen LogP contribution in [0.15, 0.2) is 48.2 Å². The zero-order valence-corrected chi connectivity index (χ0v) is 16.6. The fraction of sp³-hybridized carbons (Fsp3) is 0.105. The average Bonchev–Trinajstić information content (AvgIpc) is 2.90. The first-order valence-electron chi connectivity index (χ1n) is 7.89. The van der Waals surface area contributed by atoms with Crippen LogP contribution in [-0.4, -0.2) is 25.0 Å². The Morgan fingerprint density at radius 3 is 2.52 bits per heavy atom. The maximum atomic E-state index is 12.3. The zero-order chi connectivity index (χ0) is 19.6. The number of esters is 1. The first-order valence-corrected chi connectivity index (χ1v) is 8.96. The van der Waals surface area contributed by atoms with Gasteiger partial charge in [0.1, 0.15) is 5.70 Å². The van der Waals surface area contributed by atoms with Crippen LogP contribution in [0.3, 0.4) is 0 Å². The largest absolute Gasteiger partial charge is 0.493 e. The second-order valence-corrected chi connectivity index (χ2v) is 6.75. The molecule has 1 aliphatic rings. The molecule has 0 saturated carbocycles. The lowest BCUT2D eigenvalue weighted by Gasteiger charge is -2.16.